The van der Waals surface area contributed by atoms with Crippen LogP contribution in [0.3, 0.4) is 0 Å². The highest BCUT2D eigenvalue weighted by Crippen LogP contribution is 2.21. The Kier molecular flexibility index (Phi) is 4.47. The van der Waals surface area contributed by atoms with Gasteiger partial charge in [-0.05, 0) is 19.1 Å². The predicted octanol–water partition coefficient (Wildman–Crippen LogP) is 3.62. The maximum atomic E-state index is 11.9. The molecule has 0 saturated carbocycles. The first-order chi connectivity index (χ1) is 11.2. The molecule has 0 bridgehead atoms. The third-order valence-corrected chi connectivity index (χ3v) is 3.40. The molecule has 3 aromatic rings. The summed E-state index contributed by atoms with van der Waals surface area (Å²) in [5.74, 6) is 1.18. The first-order valence-electron chi connectivity index (χ1n) is 7.42. The van der Waals surface area contributed by atoms with Gasteiger partial charge in [-0.2, -0.15) is 0 Å². The molecule has 1 amide bonds. The van der Waals surface area contributed by atoms with E-state index in [2.05, 4.69) is 15.3 Å². The van der Waals surface area contributed by atoms with Gasteiger partial charge >= 0.3 is 0 Å². The summed E-state index contributed by atoms with van der Waals surface area (Å²) in [6, 6.07) is 11.6. The van der Waals surface area contributed by atoms with Crippen LogP contribution in [-0.2, 0) is 11.2 Å². The lowest BCUT2D eigenvalue weighted by Gasteiger charge is -2.02. The summed E-state index contributed by atoms with van der Waals surface area (Å²) in [6.07, 6.45) is 5.73. The Bertz CT molecular complexity index is 780. The molecule has 0 aliphatic carbocycles. The van der Waals surface area contributed by atoms with Crippen molar-refractivity contribution in [3.63, 3.8) is 0 Å². The second-order valence-corrected chi connectivity index (χ2v) is 5.27. The fraction of sp³-hybridized carbons (Fsp3) is 0.167. The van der Waals surface area contributed by atoms with Gasteiger partial charge in [0.05, 0.1) is 18.1 Å². The van der Waals surface area contributed by atoms with E-state index in [4.69, 9.17) is 4.42 Å². The van der Waals surface area contributed by atoms with Crippen LogP contribution in [0.25, 0.3) is 11.3 Å². The standard InChI is InChI=1S/C18H17N3O2/c1-13-4-6-14(7-5-13)16-12-20-18(23-16)9-8-17(22)21-15-3-2-10-19-11-15/h2-7,10-12H,8-9H2,1H3,(H,21,22). The average Bonchev–Trinajstić information content (AvgIpc) is 3.04. The van der Waals surface area contributed by atoms with Gasteiger partial charge in [0.25, 0.3) is 0 Å². The number of hydrogen-bond acceptors (Lipinski definition) is 4. The lowest BCUT2D eigenvalue weighted by Crippen LogP contribution is -2.12. The zero-order valence-corrected chi connectivity index (χ0v) is 12.8. The molecule has 0 saturated heterocycles. The molecule has 2 heterocycles. The van der Waals surface area contributed by atoms with Gasteiger partial charge in [0.2, 0.25) is 5.91 Å². The minimum atomic E-state index is -0.0897. The first kappa shape index (κ1) is 15.0. The van der Waals surface area contributed by atoms with Crippen LogP contribution >= 0.6 is 0 Å². The number of nitrogens with zero attached hydrogens (tertiary/aromatic N) is 2. The Labute approximate surface area is 134 Å². The molecule has 1 aromatic carbocycles. The van der Waals surface area contributed by atoms with Gasteiger partial charge in [0.1, 0.15) is 0 Å². The lowest BCUT2D eigenvalue weighted by atomic mass is 10.1. The number of oxazole rings is 1. The van der Waals surface area contributed by atoms with Crippen molar-refractivity contribution >= 4 is 11.6 Å². The highest BCUT2D eigenvalue weighted by molar-refractivity contribution is 5.90. The van der Waals surface area contributed by atoms with Crippen molar-refractivity contribution in [1.29, 1.82) is 0 Å². The topological polar surface area (TPSA) is 68.0 Å². The van der Waals surface area contributed by atoms with Gasteiger partial charge in [-0.15, -0.1) is 0 Å². The zero-order chi connectivity index (χ0) is 16.1. The molecule has 5 heteroatoms. The number of hydrogen-bond donors (Lipinski definition) is 1. The average molecular weight is 307 g/mol. The van der Waals surface area contributed by atoms with Gasteiger partial charge in [-0.25, -0.2) is 4.98 Å². The molecule has 23 heavy (non-hydrogen) atoms. The fourth-order valence-electron chi connectivity index (χ4n) is 2.16. The molecule has 2 aromatic heterocycles. The molecular formula is C18H17N3O2. The van der Waals surface area contributed by atoms with E-state index in [9.17, 15) is 4.79 Å². The molecule has 3 rings (SSSR count). The molecule has 5 nitrogen and oxygen atoms in total. The Morgan fingerprint density at radius 2 is 2.00 bits per heavy atom. The van der Waals surface area contributed by atoms with Crippen LogP contribution in [0, 0.1) is 6.92 Å². The van der Waals surface area contributed by atoms with Crippen LogP contribution < -0.4 is 5.32 Å². The van der Waals surface area contributed by atoms with E-state index in [0.29, 0.717) is 30.2 Å². The van der Waals surface area contributed by atoms with Crippen molar-refractivity contribution in [3.05, 3.63) is 66.4 Å². The number of amides is 1. The number of pyridine rings is 1. The summed E-state index contributed by atoms with van der Waals surface area (Å²) in [5.41, 5.74) is 2.86. The van der Waals surface area contributed by atoms with Gasteiger partial charge in [-0.1, -0.05) is 29.8 Å². The number of rotatable bonds is 5. The Hall–Kier alpha value is -2.95. The summed E-state index contributed by atoms with van der Waals surface area (Å²) in [5, 5.41) is 2.79. The van der Waals surface area contributed by atoms with Crippen molar-refractivity contribution in [2.24, 2.45) is 0 Å². The molecule has 1 N–H and O–H groups in total. The van der Waals surface area contributed by atoms with Crippen LogP contribution in [0.4, 0.5) is 5.69 Å². The molecule has 0 fully saturated rings. The first-order valence-corrected chi connectivity index (χ1v) is 7.42. The third-order valence-electron chi connectivity index (χ3n) is 3.40. The fourth-order valence-corrected chi connectivity index (χ4v) is 2.16. The van der Waals surface area contributed by atoms with Crippen molar-refractivity contribution < 1.29 is 9.21 Å². The predicted molar refractivity (Wildman–Crippen MR) is 87.9 cm³/mol. The summed E-state index contributed by atoms with van der Waals surface area (Å²) in [6.45, 7) is 2.04. The van der Waals surface area contributed by atoms with E-state index < -0.39 is 0 Å². The van der Waals surface area contributed by atoms with E-state index in [1.54, 1.807) is 30.7 Å². The quantitative estimate of drug-likeness (QED) is 0.781. The molecule has 0 aliphatic heterocycles. The largest absolute Gasteiger partial charge is 0.441 e. The second kappa shape index (κ2) is 6.87. The Balaban J connectivity index is 1.57. The van der Waals surface area contributed by atoms with E-state index in [-0.39, 0.29) is 5.91 Å². The Morgan fingerprint density at radius 1 is 1.17 bits per heavy atom. The van der Waals surface area contributed by atoms with Crippen molar-refractivity contribution in [1.82, 2.24) is 9.97 Å². The van der Waals surface area contributed by atoms with Crippen molar-refractivity contribution in [3.8, 4) is 11.3 Å². The molecule has 0 unspecified atom stereocenters. The number of nitrogens with one attached hydrogen (secondary N) is 1. The van der Waals surface area contributed by atoms with Crippen LogP contribution in [0.15, 0.2) is 59.4 Å². The van der Waals surface area contributed by atoms with Gasteiger partial charge < -0.3 is 9.73 Å². The second-order valence-electron chi connectivity index (χ2n) is 5.27. The van der Waals surface area contributed by atoms with E-state index >= 15 is 0 Å². The summed E-state index contributed by atoms with van der Waals surface area (Å²) in [7, 11) is 0. The van der Waals surface area contributed by atoms with Gasteiger partial charge in [0.15, 0.2) is 11.7 Å². The minimum Gasteiger partial charge on any atom is -0.441 e. The maximum absolute atomic E-state index is 11.9. The van der Waals surface area contributed by atoms with E-state index in [0.717, 1.165) is 5.56 Å². The van der Waals surface area contributed by atoms with Crippen LogP contribution in [0.2, 0.25) is 0 Å². The van der Waals surface area contributed by atoms with E-state index in [1.165, 1.54) is 5.56 Å². The number of aromatic nitrogens is 2. The Morgan fingerprint density at radius 3 is 2.74 bits per heavy atom. The van der Waals surface area contributed by atoms with Crippen molar-refractivity contribution in [2.75, 3.05) is 5.32 Å². The number of aryl methyl sites for hydroxylation is 2. The highest BCUT2D eigenvalue weighted by atomic mass is 16.4. The lowest BCUT2D eigenvalue weighted by molar-refractivity contribution is -0.116. The summed E-state index contributed by atoms with van der Waals surface area (Å²) < 4.78 is 5.71. The van der Waals surface area contributed by atoms with E-state index in [1.807, 2.05) is 31.2 Å². The highest BCUT2D eigenvalue weighted by Gasteiger charge is 2.09. The number of benzene rings is 1. The smallest absolute Gasteiger partial charge is 0.224 e. The van der Waals surface area contributed by atoms with Crippen LogP contribution in [0.1, 0.15) is 17.9 Å². The third kappa shape index (κ3) is 4.03. The number of anilines is 1. The molecule has 0 radical (unpaired) electrons. The monoisotopic (exact) mass is 307 g/mol. The molecule has 0 spiro atoms. The molecular weight excluding hydrogens is 290 g/mol. The van der Waals surface area contributed by atoms with Gasteiger partial charge in [-0.3, -0.25) is 9.78 Å². The molecule has 0 atom stereocenters. The summed E-state index contributed by atoms with van der Waals surface area (Å²) in [4.78, 5) is 20.1. The number of carbonyl (C=O) groups excluding carboxylic acids is 1. The van der Waals surface area contributed by atoms with Crippen molar-refractivity contribution in [2.45, 2.75) is 19.8 Å². The summed E-state index contributed by atoms with van der Waals surface area (Å²) >= 11 is 0. The normalized spacial score (nSPS) is 10.5. The maximum Gasteiger partial charge on any atom is 0.224 e. The molecule has 0 aliphatic rings. The van der Waals surface area contributed by atoms with Crippen LogP contribution in [-0.4, -0.2) is 15.9 Å². The molecule has 116 valence electrons. The van der Waals surface area contributed by atoms with Gasteiger partial charge in [0, 0.05) is 24.6 Å². The zero-order valence-electron chi connectivity index (χ0n) is 12.8. The number of carbonyl (C=O) groups is 1. The van der Waals surface area contributed by atoms with Crippen LogP contribution in [0.5, 0.6) is 0 Å². The SMILES string of the molecule is Cc1ccc(-c2cnc(CCC(=O)Nc3cccnc3)o2)cc1. The minimum absolute atomic E-state index is 0.0897.